The van der Waals surface area contributed by atoms with Gasteiger partial charge in [0, 0.05) is 6.54 Å². The van der Waals surface area contributed by atoms with Gasteiger partial charge in [0.2, 0.25) is 0 Å². The van der Waals surface area contributed by atoms with Gasteiger partial charge < -0.3 is 5.32 Å². The Morgan fingerprint density at radius 1 is 1.13 bits per heavy atom. The maximum atomic E-state index is 3.51. The third-order valence-electron chi connectivity index (χ3n) is 3.78. The molecule has 0 unspecified atom stereocenters. The van der Waals surface area contributed by atoms with Crippen LogP contribution >= 0.6 is 0 Å². The fourth-order valence-corrected chi connectivity index (χ4v) is 2.65. The molecule has 2 saturated carbocycles. The number of allylic oxidation sites excluding steroid dienone is 1. The Bertz CT molecular complexity index is 209. The van der Waals surface area contributed by atoms with Gasteiger partial charge in [0.25, 0.3) is 0 Å². The quantitative estimate of drug-likeness (QED) is 0.680. The zero-order chi connectivity index (χ0) is 10.5. The molecule has 0 saturated heterocycles. The van der Waals surface area contributed by atoms with Crippen molar-refractivity contribution in [3.63, 3.8) is 0 Å². The second-order valence-corrected chi connectivity index (χ2v) is 5.19. The topological polar surface area (TPSA) is 12.0 Å². The van der Waals surface area contributed by atoms with Gasteiger partial charge >= 0.3 is 0 Å². The van der Waals surface area contributed by atoms with E-state index in [2.05, 4.69) is 18.3 Å². The Hall–Kier alpha value is -0.300. The van der Waals surface area contributed by atoms with E-state index in [4.69, 9.17) is 0 Å². The first-order valence-corrected chi connectivity index (χ1v) is 6.81. The van der Waals surface area contributed by atoms with Gasteiger partial charge in [-0.2, -0.15) is 0 Å². The molecule has 0 atom stereocenters. The largest absolute Gasteiger partial charge is 0.313 e. The number of rotatable bonds is 5. The number of nitrogens with one attached hydrogen (secondary N) is 1. The lowest BCUT2D eigenvalue weighted by atomic mass is 9.83. The van der Waals surface area contributed by atoms with Crippen molar-refractivity contribution in [1.29, 1.82) is 0 Å². The summed E-state index contributed by atoms with van der Waals surface area (Å²) in [6.45, 7) is 4.46. The normalized spacial score (nSPS) is 24.5. The highest BCUT2D eigenvalue weighted by atomic mass is 14.8. The van der Waals surface area contributed by atoms with Gasteiger partial charge in [0.05, 0.1) is 0 Å². The molecule has 86 valence electrons. The van der Waals surface area contributed by atoms with Crippen molar-refractivity contribution in [3.8, 4) is 0 Å². The van der Waals surface area contributed by atoms with Gasteiger partial charge in [0.15, 0.2) is 0 Å². The summed E-state index contributed by atoms with van der Waals surface area (Å²) in [5.41, 5.74) is 1.74. The van der Waals surface area contributed by atoms with E-state index in [0.717, 1.165) is 24.9 Å². The highest BCUT2D eigenvalue weighted by Gasteiger charge is 2.23. The minimum Gasteiger partial charge on any atom is -0.313 e. The van der Waals surface area contributed by atoms with E-state index >= 15 is 0 Å². The molecule has 0 aromatic heterocycles. The van der Waals surface area contributed by atoms with Crippen molar-refractivity contribution in [1.82, 2.24) is 5.32 Å². The second-order valence-electron chi connectivity index (χ2n) is 5.19. The zero-order valence-electron chi connectivity index (χ0n) is 10.1. The van der Waals surface area contributed by atoms with Crippen LogP contribution in [0.4, 0.5) is 0 Å². The van der Waals surface area contributed by atoms with Crippen molar-refractivity contribution in [3.05, 3.63) is 11.6 Å². The van der Waals surface area contributed by atoms with Crippen molar-refractivity contribution >= 4 is 0 Å². The number of likely N-dealkylation sites (N-methyl/N-ethyl adjacent to an activating group) is 1. The van der Waals surface area contributed by atoms with Gasteiger partial charge in [-0.3, -0.25) is 0 Å². The molecular weight excluding hydrogens is 182 g/mol. The summed E-state index contributed by atoms with van der Waals surface area (Å²) in [5, 5.41) is 3.51. The first-order chi connectivity index (χ1) is 7.40. The highest BCUT2D eigenvalue weighted by molar-refractivity contribution is 5.14. The molecule has 2 rings (SSSR count). The SMILES string of the molecule is CCNCC(=CC1CC1)C1CCCCC1. The predicted molar refractivity (Wildman–Crippen MR) is 65.9 cm³/mol. The Labute approximate surface area is 94.3 Å². The second kappa shape index (κ2) is 5.69. The Morgan fingerprint density at radius 2 is 1.87 bits per heavy atom. The molecule has 0 radical (unpaired) electrons. The van der Waals surface area contributed by atoms with Crippen LogP contribution in [0.5, 0.6) is 0 Å². The van der Waals surface area contributed by atoms with Crippen LogP contribution in [0.25, 0.3) is 0 Å². The minimum absolute atomic E-state index is 0.915. The fraction of sp³-hybridized carbons (Fsp3) is 0.857. The smallest absolute Gasteiger partial charge is 0.0167 e. The van der Waals surface area contributed by atoms with Crippen molar-refractivity contribution in [2.75, 3.05) is 13.1 Å². The molecule has 0 aliphatic heterocycles. The van der Waals surface area contributed by atoms with Crippen LogP contribution in [0, 0.1) is 11.8 Å². The average molecular weight is 207 g/mol. The van der Waals surface area contributed by atoms with Crippen LogP contribution in [0.2, 0.25) is 0 Å². The lowest BCUT2D eigenvalue weighted by Crippen LogP contribution is -2.22. The van der Waals surface area contributed by atoms with E-state index in [1.807, 2.05) is 0 Å². The monoisotopic (exact) mass is 207 g/mol. The summed E-state index contributed by atoms with van der Waals surface area (Å²) in [6, 6.07) is 0. The molecule has 0 aromatic rings. The molecule has 0 aromatic carbocycles. The molecule has 1 N–H and O–H groups in total. The number of hydrogen-bond donors (Lipinski definition) is 1. The van der Waals surface area contributed by atoms with E-state index in [0.29, 0.717) is 0 Å². The minimum atomic E-state index is 0.915. The standard InChI is InChI=1S/C14H25N/c1-2-15-11-14(10-12-8-9-12)13-6-4-3-5-7-13/h10,12-13,15H,2-9,11H2,1H3. The van der Waals surface area contributed by atoms with Crippen molar-refractivity contribution in [2.24, 2.45) is 11.8 Å². The molecule has 1 nitrogen and oxygen atoms in total. The maximum absolute atomic E-state index is 3.51. The summed E-state index contributed by atoms with van der Waals surface area (Å²) in [5.74, 6) is 1.86. The van der Waals surface area contributed by atoms with E-state index in [9.17, 15) is 0 Å². The lowest BCUT2D eigenvalue weighted by Gasteiger charge is -2.25. The molecule has 2 fully saturated rings. The molecule has 2 aliphatic rings. The van der Waals surface area contributed by atoms with E-state index < -0.39 is 0 Å². The van der Waals surface area contributed by atoms with Gasteiger partial charge in [0.1, 0.15) is 0 Å². The zero-order valence-corrected chi connectivity index (χ0v) is 10.1. The van der Waals surface area contributed by atoms with E-state index in [1.165, 1.54) is 44.9 Å². The predicted octanol–water partition coefficient (Wildman–Crippen LogP) is 3.51. The van der Waals surface area contributed by atoms with Crippen LogP contribution in [-0.4, -0.2) is 13.1 Å². The van der Waals surface area contributed by atoms with Crippen LogP contribution in [-0.2, 0) is 0 Å². The van der Waals surface area contributed by atoms with Crippen LogP contribution in [0.15, 0.2) is 11.6 Å². The fourth-order valence-electron chi connectivity index (χ4n) is 2.65. The van der Waals surface area contributed by atoms with Gasteiger partial charge in [-0.05, 0) is 44.1 Å². The first-order valence-electron chi connectivity index (χ1n) is 6.81. The Morgan fingerprint density at radius 3 is 2.47 bits per heavy atom. The molecule has 0 heterocycles. The summed E-state index contributed by atoms with van der Waals surface area (Å²) in [7, 11) is 0. The van der Waals surface area contributed by atoms with Crippen LogP contribution < -0.4 is 5.32 Å². The van der Waals surface area contributed by atoms with E-state index in [1.54, 1.807) is 5.57 Å². The third kappa shape index (κ3) is 3.64. The van der Waals surface area contributed by atoms with Crippen molar-refractivity contribution in [2.45, 2.75) is 51.9 Å². The van der Waals surface area contributed by atoms with E-state index in [-0.39, 0.29) is 0 Å². The summed E-state index contributed by atoms with van der Waals surface area (Å²) < 4.78 is 0. The molecule has 1 heteroatoms. The number of hydrogen-bond acceptors (Lipinski definition) is 1. The summed E-state index contributed by atoms with van der Waals surface area (Å²) in [4.78, 5) is 0. The van der Waals surface area contributed by atoms with Gasteiger partial charge in [-0.1, -0.05) is 37.8 Å². The molecule has 2 aliphatic carbocycles. The molecule has 0 bridgehead atoms. The lowest BCUT2D eigenvalue weighted by molar-refractivity contribution is 0.394. The van der Waals surface area contributed by atoms with Crippen molar-refractivity contribution < 1.29 is 0 Å². The van der Waals surface area contributed by atoms with Gasteiger partial charge in [-0.15, -0.1) is 0 Å². The molecule has 0 spiro atoms. The van der Waals surface area contributed by atoms with Crippen LogP contribution in [0.3, 0.4) is 0 Å². The average Bonchev–Trinajstić information content (AvgIpc) is 3.09. The Balaban J connectivity index is 1.89. The molecule has 15 heavy (non-hydrogen) atoms. The summed E-state index contributed by atoms with van der Waals surface area (Å²) >= 11 is 0. The summed E-state index contributed by atoms with van der Waals surface area (Å²) in [6.07, 6.45) is 12.8. The van der Waals surface area contributed by atoms with Gasteiger partial charge in [-0.25, -0.2) is 0 Å². The first kappa shape index (κ1) is 11.2. The maximum Gasteiger partial charge on any atom is 0.0167 e. The third-order valence-corrected chi connectivity index (χ3v) is 3.78. The highest BCUT2D eigenvalue weighted by Crippen LogP contribution is 2.36. The van der Waals surface area contributed by atoms with Crippen LogP contribution in [0.1, 0.15) is 51.9 Å². The Kier molecular flexibility index (Phi) is 4.25. The molecular formula is C14H25N. The molecule has 0 amide bonds.